The molecule has 0 heterocycles. The van der Waals surface area contributed by atoms with E-state index >= 15 is 0 Å². The molecule has 0 radical (unpaired) electrons. The van der Waals surface area contributed by atoms with Crippen molar-refractivity contribution in [1.82, 2.24) is 0 Å². The van der Waals surface area contributed by atoms with E-state index < -0.39 is 0 Å². The number of rotatable bonds is 2. The van der Waals surface area contributed by atoms with Gasteiger partial charge in [0.1, 0.15) is 0 Å². The monoisotopic (exact) mass is 498 g/mol. The number of carbonyl (C=O) groups is 1. The van der Waals surface area contributed by atoms with Crippen molar-refractivity contribution in [3.8, 4) is 0 Å². The SMILES string of the molecule is Cc1ccc(C2=CCC3(C)C(CCC4(C)C5CCC6(C)CC(=O)C(C(C)C)=C6C5CCC43)C2(C)C)cc1. The van der Waals surface area contributed by atoms with E-state index in [-0.39, 0.29) is 10.8 Å². The van der Waals surface area contributed by atoms with Crippen LogP contribution in [0.1, 0.15) is 111 Å². The van der Waals surface area contributed by atoms with Crippen LogP contribution in [0.4, 0.5) is 0 Å². The lowest BCUT2D eigenvalue weighted by Gasteiger charge is -2.68. The number of hydrogen-bond donors (Lipinski definition) is 0. The Morgan fingerprint density at radius 1 is 0.838 bits per heavy atom. The number of benzene rings is 1. The van der Waals surface area contributed by atoms with E-state index in [1.807, 2.05) is 0 Å². The van der Waals surface area contributed by atoms with E-state index in [2.05, 4.69) is 85.7 Å². The molecule has 7 atom stereocenters. The highest BCUT2D eigenvalue weighted by Crippen LogP contribution is 2.73. The molecule has 0 aromatic heterocycles. The number of carbonyl (C=O) groups excluding carboxylic acids is 1. The Morgan fingerprint density at radius 2 is 1.54 bits per heavy atom. The average molecular weight is 499 g/mol. The minimum Gasteiger partial charge on any atom is -0.295 e. The molecule has 0 spiro atoms. The Labute approximate surface area is 226 Å². The molecule has 3 fully saturated rings. The summed E-state index contributed by atoms with van der Waals surface area (Å²) in [5, 5.41) is 0. The first-order valence-corrected chi connectivity index (χ1v) is 15.4. The largest absolute Gasteiger partial charge is 0.295 e. The molecule has 6 rings (SSSR count). The highest BCUT2D eigenvalue weighted by atomic mass is 16.1. The van der Waals surface area contributed by atoms with Crippen molar-refractivity contribution >= 4 is 11.4 Å². The maximum atomic E-state index is 13.2. The van der Waals surface area contributed by atoms with Crippen LogP contribution in [-0.4, -0.2) is 5.78 Å². The van der Waals surface area contributed by atoms with Crippen LogP contribution in [0.3, 0.4) is 0 Å². The van der Waals surface area contributed by atoms with Crippen molar-refractivity contribution < 1.29 is 4.79 Å². The Bertz CT molecular complexity index is 1180. The zero-order valence-corrected chi connectivity index (χ0v) is 24.8. The second-order valence-electron chi connectivity index (χ2n) is 15.5. The van der Waals surface area contributed by atoms with Crippen molar-refractivity contribution in [3.63, 3.8) is 0 Å². The molecular weight excluding hydrogens is 448 g/mol. The first-order valence-electron chi connectivity index (χ1n) is 15.4. The van der Waals surface area contributed by atoms with E-state index in [4.69, 9.17) is 0 Å². The van der Waals surface area contributed by atoms with Crippen molar-refractivity contribution in [2.45, 2.75) is 107 Å². The minimum absolute atomic E-state index is 0.140. The molecule has 37 heavy (non-hydrogen) atoms. The van der Waals surface area contributed by atoms with Crippen LogP contribution in [0.25, 0.3) is 5.57 Å². The van der Waals surface area contributed by atoms with Crippen LogP contribution in [0.15, 0.2) is 41.5 Å². The summed E-state index contributed by atoms with van der Waals surface area (Å²) in [6.45, 7) is 19.6. The quantitative estimate of drug-likeness (QED) is 0.397. The van der Waals surface area contributed by atoms with Crippen molar-refractivity contribution in [3.05, 3.63) is 52.6 Å². The summed E-state index contributed by atoms with van der Waals surface area (Å²) in [6, 6.07) is 9.27. The fourth-order valence-electron chi connectivity index (χ4n) is 11.4. The molecule has 5 aliphatic rings. The number of allylic oxidation sites excluding steroid dienone is 4. The summed E-state index contributed by atoms with van der Waals surface area (Å²) in [5.74, 6) is 3.73. The van der Waals surface area contributed by atoms with Crippen LogP contribution in [0.2, 0.25) is 0 Å². The van der Waals surface area contributed by atoms with Gasteiger partial charge in [-0.1, -0.05) is 89.9 Å². The molecule has 3 saturated carbocycles. The first-order chi connectivity index (χ1) is 17.3. The summed E-state index contributed by atoms with van der Waals surface area (Å²) in [7, 11) is 0. The predicted molar refractivity (Wildman–Crippen MR) is 155 cm³/mol. The third-order valence-electron chi connectivity index (χ3n) is 12.9. The van der Waals surface area contributed by atoms with Gasteiger partial charge in [0.25, 0.3) is 0 Å². The molecule has 0 saturated heterocycles. The van der Waals surface area contributed by atoms with Crippen molar-refractivity contribution in [2.24, 2.45) is 51.2 Å². The Balaban J connectivity index is 1.38. The maximum absolute atomic E-state index is 13.2. The molecule has 1 nitrogen and oxygen atoms in total. The lowest BCUT2D eigenvalue weighted by molar-refractivity contribution is -0.155. The third-order valence-corrected chi connectivity index (χ3v) is 12.9. The summed E-state index contributed by atoms with van der Waals surface area (Å²) < 4.78 is 0. The highest BCUT2D eigenvalue weighted by molar-refractivity contribution is 6.00. The van der Waals surface area contributed by atoms with Gasteiger partial charge in [0, 0.05) is 6.42 Å². The van der Waals surface area contributed by atoms with Crippen LogP contribution in [0, 0.1) is 58.2 Å². The molecule has 0 aliphatic heterocycles. The number of hydrogen-bond acceptors (Lipinski definition) is 1. The van der Waals surface area contributed by atoms with Gasteiger partial charge in [0.2, 0.25) is 0 Å². The first kappa shape index (κ1) is 25.6. The molecule has 1 aromatic rings. The lowest BCUT2D eigenvalue weighted by atomic mass is 9.37. The zero-order valence-electron chi connectivity index (χ0n) is 24.8. The Hall–Kier alpha value is -1.63. The summed E-state index contributed by atoms with van der Waals surface area (Å²) in [5.41, 5.74) is 8.30. The van der Waals surface area contributed by atoms with Crippen LogP contribution < -0.4 is 0 Å². The molecule has 5 aliphatic carbocycles. The topological polar surface area (TPSA) is 17.1 Å². The smallest absolute Gasteiger partial charge is 0.159 e. The zero-order chi connectivity index (χ0) is 26.5. The average Bonchev–Trinajstić information content (AvgIpc) is 3.09. The molecule has 0 bridgehead atoms. The van der Waals surface area contributed by atoms with Gasteiger partial charge in [-0.2, -0.15) is 0 Å². The van der Waals surface area contributed by atoms with Crippen molar-refractivity contribution in [1.29, 1.82) is 0 Å². The molecule has 200 valence electrons. The predicted octanol–water partition coefficient (Wildman–Crippen LogP) is 9.60. The highest BCUT2D eigenvalue weighted by Gasteiger charge is 2.64. The van der Waals surface area contributed by atoms with E-state index in [0.29, 0.717) is 28.4 Å². The number of fused-ring (bicyclic) bond motifs is 7. The second kappa shape index (κ2) is 8.19. The van der Waals surface area contributed by atoms with Gasteiger partial charge < -0.3 is 0 Å². The van der Waals surface area contributed by atoms with Gasteiger partial charge in [-0.3, -0.25) is 4.79 Å². The third kappa shape index (κ3) is 3.44. The maximum Gasteiger partial charge on any atom is 0.159 e. The fraction of sp³-hybridized carbons (Fsp3) is 0.694. The van der Waals surface area contributed by atoms with Gasteiger partial charge in [-0.25, -0.2) is 0 Å². The van der Waals surface area contributed by atoms with E-state index in [0.717, 1.165) is 24.2 Å². The minimum atomic E-state index is 0.140. The van der Waals surface area contributed by atoms with Crippen LogP contribution >= 0.6 is 0 Å². The molecule has 1 aromatic carbocycles. The van der Waals surface area contributed by atoms with Crippen molar-refractivity contribution in [2.75, 3.05) is 0 Å². The molecule has 0 N–H and O–H groups in total. The van der Waals surface area contributed by atoms with Gasteiger partial charge in [-0.05, 0) is 120 Å². The summed E-state index contributed by atoms with van der Waals surface area (Å²) in [4.78, 5) is 13.2. The van der Waals surface area contributed by atoms with Gasteiger partial charge in [0.15, 0.2) is 5.78 Å². The van der Waals surface area contributed by atoms with Gasteiger partial charge >= 0.3 is 0 Å². The summed E-state index contributed by atoms with van der Waals surface area (Å²) in [6.07, 6.45) is 12.5. The van der Waals surface area contributed by atoms with E-state index in [1.165, 1.54) is 61.6 Å². The molecule has 7 unspecified atom stereocenters. The van der Waals surface area contributed by atoms with E-state index in [9.17, 15) is 4.79 Å². The molecule has 0 amide bonds. The lowest BCUT2D eigenvalue weighted by Crippen LogP contribution is -2.60. The fourth-order valence-corrected chi connectivity index (χ4v) is 11.4. The van der Waals surface area contributed by atoms with Crippen LogP contribution in [0.5, 0.6) is 0 Å². The van der Waals surface area contributed by atoms with E-state index in [1.54, 1.807) is 11.1 Å². The number of aryl methyl sites for hydroxylation is 1. The summed E-state index contributed by atoms with van der Waals surface area (Å²) >= 11 is 0. The Kier molecular flexibility index (Phi) is 5.67. The standard InChI is InChI=1S/C36H50O/c1-22(2)31-28(37)21-34(6)18-15-27-25(32(31)34)13-14-30-35(27,7)20-17-29-33(4,5)26(16-19-36(29,30)8)24-11-9-23(3)10-12-24/h9-12,16,22,25,27,29-30H,13-15,17-21H2,1-8H3. The second-order valence-corrected chi connectivity index (χ2v) is 15.5. The molecular formula is C36H50O. The normalized spacial score (nSPS) is 42.6. The number of Topliss-reactive ketones (excluding diaryl/α,β-unsaturated/α-hetero) is 1. The molecule has 1 heteroatoms. The van der Waals surface area contributed by atoms with Gasteiger partial charge in [0.05, 0.1) is 0 Å². The van der Waals surface area contributed by atoms with Gasteiger partial charge in [-0.15, -0.1) is 0 Å². The van der Waals surface area contributed by atoms with Crippen LogP contribution in [-0.2, 0) is 4.79 Å². The number of ketones is 1. The Morgan fingerprint density at radius 3 is 2.22 bits per heavy atom.